The third-order valence-electron chi connectivity index (χ3n) is 3.98. The Morgan fingerprint density at radius 1 is 1.52 bits per heavy atom. The molecule has 0 aliphatic carbocycles. The van der Waals surface area contributed by atoms with Crippen molar-refractivity contribution in [3.63, 3.8) is 0 Å². The third-order valence-corrected chi connectivity index (χ3v) is 3.98. The zero-order valence-corrected chi connectivity index (χ0v) is 12.8. The van der Waals surface area contributed by atoms with Gasteiger partial charge in [-0.15, -0.1) is 0 Å². The van der Waals surface area contributed by atoms with Crippen LogP contribution in [0.1, 0.15) is 25.8 Å². The molecule has 1 aromatic carbocycles. The van der Waals surface area contributed by atoms with E-state index in [-0.39, 0.29) is 16.0 Å². The van der Waals surface area contributed by atoms with Gasteiger partial charge in [0, 0.05) is 44.1 Å². The Morgan fingerprint density at radius 3 is 2.95 bits per heavy atom. The molecule has 0 bridgehead atoms. The first kappa shape index (κ1) is 15.7. The predicted molar refractivity (Wildman–Crippen MR) is 82.9 cm³/mol. The smallest absolute Gasteiger partial charge is 0.271 e. The van der Waals surface area contributed by atoms with Crippen LogP contribution in [0.3, 0.4) is 0 Å². The highest BCUT2D eigenvalue weighted by molar-refractivity contribution is 5.60. The molecule has 1 aliphatic heterocycles. The quantitative estimate of drug-likeness (QED) is 0.495. The second kappa shape index (κ2) is 6.41. The molecule has 21 heavy (non-hydrogen) atoms. The van der Waals surface area contributed by atoms with Gasteiger partial charge >= 0.3 is 0 Å². The molecule has 2 rings (SSSR count). The van der Waals surface area contributed by atoms with Crippen molar-refractivity contribution < 1.29 is 9.66 Å². The van der Waals surface area contributed by atoms with Crippen molar-refractivity contribution in [2.45, 2.75) is 31.7 Å². The van der Waals surface area contributed by atoms with Gasteiger partial charge in [0.25, 0.3) is 5.69 Å². The van der Waals surface area contributed by atoms with E-state index in [9.17, 15) is 10.1 Å². The normalized spacial score (nSPS) is 20.2. The summed E-state index contributed by atoms with van der Waals surface area (Å²) in [5, 5.41) is 17.7. The number of rotatable bonds is 5. The summed E-state index contributed by atoms with van der Waals surface area (Å²) in [6.45, 7) is 6.58. The van der Waals surface area contributed by atoms with E-state index in [2.05, 4.69) is 24.5 Å². The SMILES string of the molecule is COCCNC1CNc2cc([N+](=O)[O-])ccc2C(C)(C)C1. The predicted octanol–water partition coefficient (Wildman–Crippen LogP) is 2.29. The Balaban J connectivity index is 2.19. The third kappa shape index (κ3) is 3.71. The van der Waals surface area contributed by atoms with E-state index in [1.807, 2.05) is 6.07 Å². The standard InChI is InChI=1S/C15H23N3O3/c1-15(2)9-11(16-6-7-21-3)10-17-14-8-12(18(19)20)4-5-13(14)15/h4-5,8,11,16-17H,6-7,9-10H2,1-3H3. The van der Waals surface area contributed by atoms with Gasteiger partial charge in [-0.1, -0.05) is 13.8 Å². The summed E-state index contributed by atoms with van der Waals surface area (Å²) >= 11 is 0. The molecule has 0 fully saturated rings. The number of hydrogen-bond donors (Lipinski definition) is 2. The van der Waals surface area contributed by atoms with Crippen molar-refractivity contribution in [2.75, 3.05) is 32.1 Å². The Labute approximate surface area is 125 Å². The van der Waals surface area contributed by atoms with Gasteiger partial charge < -0.3 is 15.4 Å². The average molecular weight is 293 g/mol. The number of anilines is 1. The zero-order valence-electron chi connectivity index (χ0n) is 12.8. The number of non-ortho nitro benzene ring substituents is 1. The molecule has 116 valence electrons. The van der Waals surface area contributed by atoms with Crippen LogP contribution in [-0.2, 0) is 10.2 Å². The van der Waals surface area contributed by atoms with Crippen LogP contribution in [-0.4, -0.2) is 37.8 Å². The molecule has 0 saturated carbocycles. The number of ether oxygens (including phenoxy) is 1. The molecule has 1 heterocycles. The fourth-order valence-electron chi connectivity index (χ4n) is 2.92. The molecular formula is C15H23N3O3. The topological polar surface area (TPSA) is 76.4 Å². The molecule has 1 aliphatic rings. The summed E-state index contributed by atoms with van der Waals surface area (Å²) in [5.41, 5.74) is 2.08. The summed E-state index contributed by atoms with van der Waals surface area (Å²) in [4.78, 5) is 10.6. The molecule has 2 N–H and O–H groups in total. The van der Waals surface area contributed by atoms with Gasteiger partial charge in [-0.2, -0.15) is 0 Å². The first-order valence-corrected chi connectivity index (χ1v) is 7.19. The number of benzene rings is 1. The maximum absolute atomic E-state index is 10.9. The fraction of sp³-hybridized carbons (Fsp3) is 0.600. The lowest BCUT2D eigenvalue weighted by Gasteiger charge is -2.28. The van der Waals surface area contributed by atoms with Crippen LogP contribution in [0.25, 0.3) is 0 Å². The Hall–Kier alpha value is -1.66. The monoisotopic (exact) mass is 293 g/mol. The number of nitro benzene ring substituents is 1. The zero-order chi connectivity index (χ0) is 15.5. The lowest BCUT2D eigenvalue weighted by molar-refractivity contribution is -0.384. The average Bonchev–Trinajstić information content (AvgIpc) is 2.55. The molecule has 0 spiro atoms. The molecule has 0 aromatic heterocycles. The van der Waals surface area contributed by atoms with Gasteiger partial charge in [-0.25, -0.2) is 0 Å². The van der Waals surface area contributed by atoms with Crippen molar-refractivity contribution >= 4 is 11.4 Å². The van der Waals surface area contributed by atoms with Gasteiger partial charge in [0.05, 0.1) is 11.5 Å². The van der Waals surface area contributed by atoms with E-state index in [1.165, 1.54) is 0 Å². The van der Waals surface area contributed by atoms with Crippen molar-refractivity contribution in [2.24, 2.45) is 0 Å². The fourth-order valence-corrected chi connectivity index (χ4v) is 2.92. The number of hydrogen-bond acceptors (Lipinski definition) is 5. The minimum absolute atomic E-state index is 0.0430. The molecular weight excluding hydrogens is 270 g/mol. The van der Waals surface area contributed by atoms with Crippen LogP contribution in [0.15, 0.2) is 18.2 Å². The highest BCUT2D eigenvalue weighted by Crippen LogP contribution is 2.38. The molecule has 0 amide bonds. The second-order valence-electron chi connectivity index (χ2n) is 6.10. The maximum Gasteiger partial charge on any atom is 0.271 e. The maximum atomic E-state index is 10.9. The first-order chi connectivity index (χ1) is 9.94. The van der Waals surface area contributed by atoms with Crippen LogP contribution in [0.4, 0.5) is 11.4 Å². The molecule has 0 radical (unpaired) electrons. The second-order valence-corrected chi connectivity index (χ2v) is 6.10. The van der Waals surface area contributed by atoms with Crippen molar-refractivity contribution in [1.82, 2.24) is 5.32 Å². The molecule has 1 unspecified atom stereocenters. The lowest BCUT2D eigenvalue weighted by atomic mass is 9.79. The van der Waals surface area contributed by atoms with Gasteiger partial charge in [0.2, 0.25) is 0 Å². The Morgan fingerprint density at radius 2 is 2.29 bits per heavy atom. The van der Waals surface area contributed by atoms with E-state index in [1.54, 1.807) is 19.2 Å². The molecule has 0 saturated heterocycles. The van der Waals surface area contributed by atoms with Crippen LogP contribution in [0.2, 0.25) is 0 Å². The van der Waals surface area contributed by atoms with E-state index in [0.717, 1.165) is 30.8 Å². The van der Waals surface area contributed by atoms with Gasteiger partial charge in [0.15, 0.2) is 0 Å². The van der Waals surface area contributed by atoms with E-state index in [4.69, 9.17) is 4.74 Å². The van der Waals surface area contributed by atoms with E-state index >= 15 is 0 Å². The summed E-state index contributed by atoms with van der Waals surface area (Å²) in [6, 6.07) is 5.40. The van der Waals surface area contributed by atoms with E-state index < -0.39 is 0 Å². The summed E-state index contributed by atoms with van der Waals surface area (Å²) in [7, 11) is 1.69. The Kier molecular flexibility index (Phi) is 4.80. The molecule has 6 nitrogen and oxygen atoms in total. The molecule has 1 atom stereocenters. The van der Waals surface area contributed by atoms with Crippen molar-refractivity contribution in [3.05, 3.63) is 33.9 Å². The number of methoxy groups -OCH3 is 1. The summed E-state index contributed by atoms with van der Waals surface area (Å²) in [5.74, 6) is 0. The summed E-state index contributed by atoms with van der Waals surface area (Å²) < 4.78 is 5.06. The van der Waals surface area contributed by atoms with Crippen molar-refractivity contribution in [1.29, 1.82) is 0 Å². The number of nitrogens with one attached hydrogen (secondary N) is 2. The highest BCUT2D eigenvalue weighted by Gasteiger charge is 2.31. The van der Waals surface area contributed by atoms with Crippen LogP contribution in [0, 0.1) is 10.1 Å². The number of nitro groups is 1. The van der Waals surface area contributed by atoms with Crippen LogP contribution < -0.4 is 10.6 Å². The number of nitrogens with zero attached hydrogens (tertiary/aromatic N) is 1. The van der Waals surface area contributed by atoms with Gasteiger partial charge in [0.1, 0.15) is 0 Å². The summed E-state index contributed by atoms with van der Waals surface area (Å²) in [6.07, 6.45) is 0.967. The minimum atomic E-state index is -0.353. The minimum Gasteiger partial charge on any atom is -0.383 e. The largest absolute Gasteiger partial charge is 0.383 e. The van der Waals surface area contributed by atoms with E-state index in [0.29, 0.717) is 12.6 Å². The van der Waals surface area contributed by atoms with Crippen LogP contribution >= 0.6 is 0 Å². The lowest BCUT2D eigenvalue weighted by Crippen LogP contribution is -2.39. The number of fused-ring (bicyclic) bond motifs is 1. The van der Waals surface area contributed by atoms with Crippen LogP contribution in [0.5, 0.6) is 0 Å². The van der Waals surface area contributed by atoms with Crippen molar-refractivity contribution in [3.8, 4) is 0 Å². The highest BCUT2D eigenvalue weighted by atomic mass is 16.6. The van der Waals surface area contributed by atoms with Gasteiger partial charge in [-0.3, -0.25) is 10.1 Å². The molecule has 1 aromatic rings. The molecule has 6 heteroatoms. The first-order valence-electron chi connectivity index (χ1n) is 7.19. The Bertz CT molecular complexity index is 517. The van der Waals surface area contributed by atoms with Gasteiger partial charge in [-0.05, 0) is 23.5 Å².